The van der Waals surface area contributed by atoms with Crippen LogP contribution in [0.25, 0.3) is 5.69 Å². The molecule has 0 spiro atoms. The molecule has 0 unspecified atom stereocenters. The highest BCUT2D eigenvalue weighted by molar-refractivity contribution is 7.80. The van der Waals surface area contributed by atoms with Crippen molar-refractivity contribution < 1.29 is 9.53 Å². The van der Waals surface area contributed by atoms with Crippen LogP contribution in [0.5, 0.6) is 5.75 Å². The van der Waals surface area contributed by atoms with Crippen molar-refractivity contribution in [3.05, 3.63) is 107 Å². The first-order chi connectivity index (χ1) is 18.9. The smallest absolute Gasteiger partial charge is 0.226 e. The van der Waals surface area contributed by atoms with E-state index in [1.54, 1.807) is 13.3 Å². The minimum Gasteiger partial charge on any atom is -0.495 e. The van der Waals surface area contributed by atoms with Gasteiger partial charge in [0, 0.05) is 41.3 Å². The number of benzene rings is 2. The van der Waals surface area contributed by atoms with E-state index >= 15 is 0 Å². The van der Waals surface area contributed by atoms with E-state index in [0.717, 1.165) is 28.3 Å². The average Bonchev–Trinajstić information content (AvgIpc) is 3.43. The topological polar surface area (TPSA) is 71.4 Å². The maximum absolute atomic E-state index is 13.0. The van der Waals surface area contributed by atoms with Crippen molar-refractivity contribution in [2.24, 2.45) is 0 Å². The Balaban J connectivity index is 1.46. The molecule has 2 atom stereocenters. The predicted octanol–water partition coefficient (Wildman–Crippen LogP) is 6.15. The standard InChI is InChI=1S/C30H30ClN5O2S/c1-19-18-23(20(2)36(19)22-13-11-21(31)12-14-22)29-28(25-9-6-7-16-32-25)34-30(39)35(29)17-15-27(37)33-24-8-4-5-10-26(24)38-3/h4-14,16,18,28-29H,15,17H2,1-3H3,(H,33,37)(H,34,39)/t28-,29-/m0/s1. The van der Waals surface area contributed by atoms with Crippen LogP contribution in [0, 0.1) is 13.8 Å². The van der Waals surface area contributed by atoms with Crippen molar-refractivity contribution in [3.8, 4) is 11.4 Å². The maximum Gasteiger partial charge on any atom is 0.226 e. The lowest BCUT2D eigenvalue weighted by atomic mass is 9.96. The molecule has 0 bridgehead atoms. The van der Waals surface area contributed by atoms with Crippen LogP contribution in [0.1, 0.15) is 41.1 Å². The van der Waals surface area contributed by atoms with Gasteiger partial charge in [0.25, 0.3) is 0 Å². The summed E-state index contributed by atoms with van der Waals surface area (Å²) in [6, 6.07) is 22.9. The molecule has 4 aromatic rings. The fraction of sp³-hybridized carbons (Fsp3) is 0.233. The molecular formula is C30H30ClN5O2S. The third-order valence-corrected chi connectivity index (χ3v) is 7.64. The summed E-state index contributed by atoms with van der Waals surface area (Å²) >= 11 is 12.0. The quantitative estimate of drug-likeness (QED) is 0.252. The van der Waals surface area contributed by atoms with Gasteiger partial charge in [-0.15, -0.1) is 0 Å². The zero-order valence-corrected chi connectivity index (χ0v) is 23.6. The van der Waals surface area contributed by atoms with E-state index in [-0.39, 0.29) is 24.4 Å². The Kier molecular flexibility index (Phi) is 7.86. The number of rotatable bonds is 8. The van der Waals surface area contributed by atoms with Crippen molar-refractivity contribution in [2.45, 2.75) is 32.4 Å². The first-order valence-electron chi connectivity index (χ1n) is 12.7. The Bertz CT molecular complexity index is 1490. The van der Waals surface area contributed by atoms with Gasteiger partial charge in [-0.05, 0) is 86.2 Å². The molecule has 5 rings (SSSR count). The molecule has 7 nitrogen and oxygen atoms in total. The summed E-state index contributed by atoms with van der Waals surface area (Å²) in [5.74, 6) is 0.501. The first kappa shape index (κ1) is 26.7. The number of aromatic nitrogens is 2. The van der Waals surface area contributed by atoms with Crippen molar-refractivity contribution in [1.29, 1.82) is 0 Å². The van der Waals surface area contributed by atoms with Crippen LogP contribution in [-0.4, -0.2) is 39.1 Å². The van der Waals surface area contributed by atoms with E-state index in [0.29, 0.717) is 28.1 Å². The SMILES string of the molecule is COc1ccccc1NC(=O)CCN1C(=S)N[C@@H](c2ccccn2)[C@@H]1c1cc(C)n(-c2ccc(Cl)cc2)c1C. The van der Waals surface area contributed by atoms with Crippen LogP contribution < -0.4 is 15.4 Å². The van der Waals surface area contributed by atoms with Gasteiger partial charge in [0.15, 0.2) is 5.11 Å². The molecule has 200 valence electrons. The molecular weight excluding hydrogens is 530 g/mol. The molecule has 2 aromatic heterocycles. The van der Waals surface area contributed by atoms with Gasteiger partial charge in [-0.1, -0.05) is 29.8 Å². The fourth-order valence-corrected chi connectivity index (χ4v) is 5.70. The van der Waals surface area contributed by atoms with Crippen molar-refractivity contribution in [2.75, 3.05) is 19.0 Å². The number of nitrogens with one attached hydrogen (secondary N) is 2. The van der Waals surface area contributed by atoms with Crippen molar-refractivity contribution in [1.82, 2.24) is 19.8 Å². The van der Waals surface area contributed by atoms with E-state index < -0.39 is 0 Å². The van der Waals surface area contributed by atoms with Crippen LogP contribution in [0.4, 0.5) is 5.69 Å². The molecule has 9 heteroatoms. The highest BCUT2D eigenvalue weighted by Crippen LogP contribution is 2.41. The van der Waals surface area contributed by atoms with Crippen LogP contribution in [0.15, 0.2) is 79.0 Å². The monoisotopic (exact) mass is 559 g/mol. The van der Waals surface area contributed by atoms with Crippen LogP contribution in [-0.2, 0) is 4.79 Å². The number of nitrogens with zero attached hydrogens (tertiary/aromatic N) is 3. The second kappa shape index (κ2) is 11.5. The van der Waals surface area contributed by atoms with Gasteiger partial charge in [0.05, 0.1) is 30.6 Å². The molecule has 1 fully saturated rings. The zero-order valence-electron chi connectivity index (χ0n) is 22.0. The highest BCUT2D eigenvalue weighted by Gasteiger charge is 2.41. The lowest BCUT2D eigenvalue weighted by Gasteiger charge is -2.28. The number of hydrogen-bond donors (Lipinski definition) is 2. The molecule has 2 N–H and O–H groups in total. The van der Waals surface area contributed by atoms with Gasteiger partial charge >= 0.3 is 0 Å². The van der Waals surface area contributed by atoms with Gasteiger partial charge in [0.2, 0.25) is 5.91 Å². The number of thiocarbonyl (C=S) groups is 1. The van der Waals surface area contributed by atoms with Gasteiger partial charge in [0.1, 0.15) is 5.75 Å². The Morgan fingerprint density at radius 1 is 1.10 bits per heavy atom. The third-order valence-electron chi connectivity index (χ3n) is 7.03. The summed E-state index contributed by atoms with van der Waals surface area (Å²) in [6.45, 7) is 4.64. The summed E-state index contributed by atoms with van der Waals surface area (Å²) in [5, 5.41) is 7.74. The summed E-state index contributed by atoms with van der Waals surface area (Å²) in [5.41, 5.74) is 5.87. The number of aryl methyl sites for hydroxylation is 1. The third kappa shape index (κ3) is 5.48. The number of hydrogen-bond acceptors (Lipinski definition) is 4. The summed E-state index contributed by atoms with van der Waals surface area (Å²) in [4.78, 5) is 19.7. The average molecular weight is 560 g/mol. The van der Waals surface area contributed by atoms with Crippen LogP contribution in [0.2, 0.25) is 5.02 Å². The number of anilines is 1. The fourth-order valence-electron chi connectivity index (χ4n) is 5.24. The normalized spacial score (nSPS) is 16.7. The number of carbonyl (C=O) groups is 1. The number of methoxy groups -OCH3 is 1. The minimum atomic E-state index is -0.171. The van der Waals surface area contributed by atoms with Gasteiger partial charge in [-0.2, -0.15) is 0 Å². The number of amides is 1. The van der Waals surface area contributed by atoms with Crippen LogP contribution >= 0.6 is 23.8 Å². The predicted molar refractivity (Wildman–Crippen MR) is 159 cm³/mol. The van der Waals surface area contributed by atoms with Crippen molar-refractivity contribution in [3.63, 3.8) is 0 Å². The molecule has 0 saturated carbocycles. The Morgan fingerprint density at radius 3 is 2.56 bits per heavy atom. The van der Waals surface area contributed by atoms with E-state index in [1.807, 2.05) is 66.7 Å². The molecule has 1 aliphatic rings. The van der Waals surface area contributed by atoms with Crippen LogP contribution in [0.3, 0.4) is 0 Å². The molecule has 3 heterocycles. The summed E-state index contributed by atoms with van der Waals surface area (Å²) < 4.78 is 7.59. The van der Waals surface area contributed by atoms with Gasteiger partial charge in [-0.25, -0.2) is 0 Å². The maximum atomic E-state index is 13.0. The lowest BCUT2D eigenvalue weighted by molar-refractivity contribution is -0.116. The second-order valence-electron chi connectivity index (χ2n) is 9.46. The van der Waals surface area contributed by atoms with E-state index in [1.165, 1.54) is 0 Å². The van der Waals surface area contributed by atoms with E-state index in [2.05, 4.69) is 45.0 Å². The summed E-state index contributed by atoms with van der Waals surface area (Å²) in [7, 11) is 1.59. The zero-order chi connectivity index (χ0) is 27.5. The number of carbonyl (C=O) groups excluding carboxylic acids is 1. The molecule has 1 amide bonds. The Morgan fingerprint density at radius 2 is 1.85 bits per heavy atom. The largest absolute Gasteiger partial charge is 0.495 e. The van der Waals surface area contributed by atoms with Crippen molar-refractivity contribution >= 4 is 40.5 Å². The molecule has 1 aliphatic heterocycles. The molecule has 0 aliphatic carbocycles. The highest BCUT2D eigenvalue weighted by atomic mass is 35.5. The summed E-state index contributed by atoms with van der Waals surface area (Å²) in [6.07, 6.45) is 2.04. The molecule has 0 radical (unpaired) electrons. The number of ether oxygens (including phenoxy) is 1. The van der Waals surface area contributed by atoms with E-state index in [4.69, 9.17) is 28.6 Å². The number of halogens is 1. The van der Waals surface area contributed by atoms with Gasteiger partial charge < -0.3 is 24.8 Å². The minimum absolute atomic E-state index is 0.117. The number of pyridine rings is 1. The Hall–Kier alpha value is -3.88. The molecule has 2 aromatic carbocycles. The second-order valence-corrected chi connectivity index (χ2v) is 10.3. The lowest BCUT2D eigenvalue weighted by Crippen LogP contribution is -2.33. The van der Waals surface area contributed by atoms with Gasteiger partial charge in [-0.3, -0.25) is 9.78 Å². The molecule has 1 saturated heterocycles. The molecule has 39 heavy (non-hydrogen) atoms. The Labute approximate surface area is 238 Å². The number of para-hydroxylation sites is 2. The van der Waals surface area contributed by atoms with E-state index in [9.17, 15) is 4.79 Å². The first-order valence-corrected chi connectivity index (χ1v) is 13.5.